The van der Waals surface area contributed by atoms with Gasteiger partial charge in [-0.3, -0.25) is 9.98 Å². The first kappa shape index (κ1) is 13.3. The van der Waals surface area contributed by atoms with Crippen LogP contribution in [0.2, 0.25) is 0 Å². The number of allylic oxidation sites excluding steroid dienone is 1. The van der Waals surface area contributed by atoms with Gasteiger partial charge in [0.15, 0.2) is 0 Å². The minimum Gasteiger partial charge on any atom is -0.399 e. The Morgan fingerprint density at radius 1 is 1.09 bits per heavy atom. The molecule has 4 rings (SSSR count). The lowest BCUT2D eigenvalue weighted by atomic mass is 9.87. The van der Waals surface area contributed by atoms with Crippen LogP contribution in [0.15, 0.2) is 59.4 Å². The van der Waals surface area contributed by atoms with Crippen molar-refractivity contribution in [3.8, 4) is 0 Å². The van der Waals surface area contributed by atoms with Crippen molar-refractivity contribution < 1.29 is 0 Å². The second-order valence-corrected chi connectivity index (χ2v) is 6.15. The molecule has 0 spiro atoms. The van der Waals surface area contributed by atoms with Gasteiger partial charge in [0, 0.05) is 23.6 Å². The molecule has 1 aromatic heterocycles. The van der Waals surface area contributed by atoms with Crippen molar-refractivity contribution in [1.29, 1.82) is 0 Å². The number of hydrogen-bond donors (Lipinski definition) is 1. The topological polar surface area (TPSA) is 51.3 Å². The number of nitrogens with zero attached hydrogens (tertiary/aromatic N) is 2. The fraction of sp³-hybridized carbons (Fsp3) is 0.263. The minimum absolute atomic E-state index is 0.490. The zero-order valence-electron chi connectivity index (χ0n) is 12.4. The van der Waals surface area contributed by atoms with Crippen LogP contribution in [0, 0.1) is 5.92 Å². The van der Waals surface area contributed by atoms with Gasteiger partial charge in [0.1, 0.15) is 0 Å². The van der Waals surface area contributed by atoms with Crippen LogP contribution in [0.5, 0.6) is 0 Å². The summed E-state index contributed by atoms with van der Waals surface area (Å²) in [5, 5.41) is 0. The summed E-state index contributed by atoms with van der Waals surface area (Å²) in [7, 11) is 0. The molecule has 0 saturated heterocycles. The third kappa shape index (κ3) is 2.43. The van der Waals surface area contributed by atoms with E-state index >= 15 is 0 Å². The highest BCUT2D eigenvalue weighted by molar-refractivity contribution is 6.15. The number of rotatable bonds is 2. The Labute approximate surface area is 130 Å². The third-order valence-electron chi connectivity index (χ3n) is 4.62. The molecule has 3 nitrogen and oxygen atoms in total. The second-order valence-electron chi connectivity index (χ2n) is 6.15. The van der Waals surface area contributed by atoms with Crippen LogP contribution in [0.1, 0.15) is 30.4 Å². The lowest BCUT2D eigenvalue weighted by molar-refractivity contribution is 0.621. The predicted octanol–water partition coefficient (Wildman–Crippen LogP) is 3.72. The van der Waals surface area contributed by atoms with E-state index in [4.69, 9.17) is 10.7 Å². The fourth-order valence-corrected chi connectivity index (χ4v) is 3.51. The van der Waals surface area contributed by atoms with E-state index in [-0.39, 0.29) is 0 Å². The molecule has 110 valence electrons. The Morgan fingerprint density at radius 2 is 1.95 bits per heavy atom. The standard InChI is InChI=1S/C19H19N3/c20-16-6-3-13(4-7-16)10-18-14-5-8-17(11-14)22-19(18)15-2-1-9-21-12-15/h1-4,6-7,9-10,12,14,17H,5,8,11,20H2/t14-,17+/m1/s1. The highest BCUT2D eigenvalue weighted by Gasteiger charge is 2.34. The summed E-state index contributed by atoms with van der Waals surface area (Å²) in [6, 6.07) is 12.6. The normalized spacial score (nSPS) is 25.3. The quantitative estimate of drug-likeness (QED) is 0.857. The maximum absolute atomic E-state index is 5.79. The maximum Gasteiger partial charge on any atom is 0.0700 e. The lowest BCUT2D eigenvalue weighted by Gasteiger charge is -2.23. The molecule has 1 aromatic carbocycles. The molecule has 1 aliphatic carbocycles. The van der Waals surface area contributed by atoms with E-state index in [0.717, 1.165) is 17.0 Å². The monoisotopic (exact) mass is 289 g/mol. The number of aliphatic imine (C=N–C) groups is 1. The number of fused-ring (bicyclic) bond motifs is 2. The van der Waals surface area contributed by atoms with E-state index < -0.39 is 0 Å². The number of nitrogen functional groups attached to an aromatic ring is 1. The summed E-state index contributed by atoms with van der Waals surface area (Å²) >= 11 is 0. The minimum atomic E-state index is 0.490. The first-order valence-electron chi connectivity index (χ1n) is 7.85. The Bertz CT molecular complexity index is 729. The third-order valence-corrected chi connectivity index (χ3v) is 4.62. The van der Waals surface area contributed by atoms with Crippen LogP contribution < -0.4 is 5.73 Å². The lowest BCUT2D eigenvalue weighted by Crippen LogP contribution is -2.20. The summed E-state index contributed by atoms with van der Waals surface area (Å²) in [6.07, 6.45) is 9.62. The molecule has 2 heterocycles. The van der Waals surface area contributed by atoms with E-state index in [0.29, 0.717) is 12.0 Å². The molecular weight excluding hydrogens is 270 g/mol. The van der Waals surface area contributed by atoms with Gasteiger partial charge in [-0.05, 0) is 66.7 Å². The Hall–Kier alpha value is -2.42. The van der Waals surface area contributed by atoms with Crippen molar-refractivity contribution in [2.75, 3.05) is 5.73 Å². The van der Waals surface area contributed by atoms with Gasteiger partial charge >= 0.3 is 0 Å². The molecule has 1 aliphatic heterocycles. The molecule has 0 amide bonds. The highest BCUT2D eigenvalue weighted by atomic mass is 14.8. The van der Waals surface area contributed by atoms with Crippen molar-refractivity contribution in [2.24, 2.45) is 10.9 Å². The molecule has 0 unspecified atom stereocenters. The smallest absolute Gasteiger partial charge is 0.0700 e. The van der Waals surface area contributed by atoms with Crippen LogP contribution in [0.25, 0.3) is 6.08 Å². The van der Waals surface area contributed by atoms with E-state index in [9.17, 15) is 0 Å². The van der Waals surface area contributed by atoms with Gasteiger partial charge in [0.05, 0.1) is 11.8 Å². The molecule has 0 radical (unpaired) electrons. The molecule has 1 fully saturated rings. The number of aromatic nitrogens is 1. The average Bonchev–Trinajstić information content (AvgIpc) is 2.95. The van der Waals surface area contributed by atoms with Crippen molar-refractivity contribution in [3.05, 3.63) is 65.5 Å². The van der Waals surface area contributed by atoms with Crippen molar-refractivity contribution >= 4 is 17.5 Å². The van der Waals surface area contributed by atoms with Gasteiger partial charge in [-0.15, -0.1) is 0 Å². The summed E-state index contributed by atoms with van der Waals surface area (Å²) in [4.78, 5) is 9.25. The van der Waals surface area contributed by atoms with Crippen LogP contribution >= 0.6 is 0 Å². The van der Waals surface area contributed by atoms with Crippen molar-refractivity contribution in [2.45, 2.75) is 25.3 Å². The molecule has 3 heteroatoms. The van der Waals surface area contributed by atoms with Gasteiger partial charge < -0.3 is 5.73 Å². The largest absolute Gasteiger partial charge is 0.399 e. The van der Waals surface area contributed by atoms with E-state index in [2.05, 4.69) is 29.3 Å². The van der Waals surface area contributed by atoms with E-state index in [1.807, 2.05) is 30.6 Å². The first-order chi connectivity index (χ1) is 10.8. The first-order valence-corrected chi connectivity index (χ1v) is 7.85. The average molecular weight is 289 g/mol. The second kappa shape index (κ2) is 5.41. The van der Waals surface area contributed by atoms with Gasteiger partial charge in [0.25, 0.3) is 0 Å². The van der Waals surface area contributed by atoms with Gasteiger partial charge in [-0.25, -0.2) is 0 Å². The van der Waals surface area contributed by atoms with Crippen LogP contribution in [-0.2, 0) is 0 Å². The summed E-state index contributed by atoms with van der Waals surface area (Å²) in [5.41, 5.74) is 11.4. The predicted molar refractivity (Wildman–Crippen MR) is 90.7 cm³/mol. The van der Waals surface area contributed by atoms with E-state index in [1.54, 1.807) is 0 Å². The molecule has 2 N–H and O–H groups in total. The Kier molecular flexibility index (Phi) is 3.26. The van der Waals surface area contributed by atoms with E-state index in [1.165, 1.54) is 30.4 Å². The number of nitrogens with two attached hydrogens (primary N) is 1. The number of anilines is 1. The summed E-state index contributed by atoms with van der Waals surface area (Å²) in [5.74, 6) is 0.621. The van der Waals surface area contributed by atoms with Crippen molar-refractivity contribution in [3.63, 3.8) is 0 Å². The van der Waals surface area contributed by atoms with Crippen LogP contribution in [-0.4, -0.2) is 16.7 Å². The van der Waals surface area contributed by atoms with Gasteiger partial charge in [0.2, 0.25) is 0 Å². The van der Waals surface area contributed by atoms with Crippen LogP contribution in [0.4, 0.5) is 5.69 Å². The Morgan fingerprint density at radius 3 is 2.73 bits per heavy atom. The molecule has 22 heavy (non-hydrogen) atoms. The van der Waals surface area contributed by atoms with Crippen LogP contribution in [0.3, 0.4) is 0 Å². The van der Waals surface area contributed by atoms with Gasteiger partial charge in [-0.2, -0.15) is 0 Å². The molecule has 1 saturated carbocycles. The Balaban J connectivity index is 1.79. The number of hydrogen-bond acceptors (Lipinski definition) is 3. The van der Waals surface area contributed by atoms with Crippen molar-refractivity contribution in [1.82, 2.24) is 4.98 Å². The zero-order valence-corrected chi connectivity index (χ0v) is 12.4. The maximum atomic E-state index is 5.79. The SMILES string of the molecule is Nc1ccc(C=C2C(c3cccnc3)=N[C@H]3CC[C@@H]2C3)cc1. The number of benzene rings is 1. The molecule has 2 bridgehead atoms. The molecule has 2 aromatic rings. The molecular formula is C19H19N3. The fourth-order valence-electron chi connectivity index (χ4n) is 3.51. The summed E-state index contributed by atoms with van der Waals surface area (Å²) < 4.78 is 0. The zero-order chi connectivity index (χ0) is 14.9. The highest BCUT2D eigenvalue weighted by Crippen LogP contribution is 2.40. The molecule has 2 atom stereocenters. The summed E-state index contributed by atoms with van der Waals surface area (Å²) in [6.45, 7) is 0. The van der Waals surface area contributed by atoms with Gasteiger partial charge in [-0.1, -0.05) is 12.1 Å². The number of pyridine rings is 1. The molecule has 2 aliphatic rings.